The van der Waals surface area contributed by atoms with Crippen LogP contribution in [0.3, 0.4) is 0 Å². The molecule has 1 atom stereocenters. The van der Waals surface area contributed by atoms with Gasteiger partial charge < -0.3 is 15.4 Å². The number of hydrogen-bond acceptors (Lipinski definition) is 3. The Morgan fingerprint density at radius 1 is 1.00 bits per heavy atom. The van der Waals surface area contributed by atoms with Crippen LogP contribution in [0, 0.1) is 0 Å². The number of amides is 2. The van der Waals surface area contributed by atoms with Crippen molar-refractivity contribution in [1.29, 1.82) is 0 Å². The number of primary amides is 1. The average molecular weight is 368 g/mol. The zero-order valence-electron chi connectivity index (χ0n) is 15.6. The van der Waals surface area contributed by atoms with Crippen molar-refractivity contribution in [3.63, 3.8) is 0 Å². The van der Waals surface area contributed by atoms with E-state index in [-0.39, 0.29) is 18.4 Å². The topological polar surface area (TPSA) is 72.6 Å². The maximum atomic E-state index is 11.8. The maximum absolute atomic E-state index is 11.8. The highest BCUT2D eigenvalue weighted by molar-refractivity contribution is 5.78. The second-order valence-corrected chi connectivity index (χ2v) is 6.99. The number of benzene rings is 2. The van der Waals surface area contributed by atoms with E-state index in [1.54, 1.807) is 6.92 Å². The van der Waals surface area contributed by atoms with Crippen LogP contribution in [-0.4, -0.2) is 49.4 Å². The lowest BCUT2D eigenvalue weighted by atomic mass is 10.2. The van der Waals surface area contributed by atoms with Gasteiger partial charge in [0.1, 0.15) is 23.7 Å². The van der Waals surface area contributed by atoms with Crippen molar-refractivity contribution in [2.24, 2.45) is 5.73 Å². The number of ether oxygens (including phenoxy) is 1. The van der Waals surface area contributed by atoms with Gasteiger partial charge in [-0.15, -0.1) is 0 Å². The Labute approximate surface area is 159 Å². The van der Waals surface area contributed by atoms with E-state index in [1.165, 1.54) is 0 Å². The third-order valence-corrected chi connectivity index (χ3v) is 5.08. The van der Waals surface area contributed by atoms with Gasteiger partial charge in [-0.2, -0.15) is 0 Å². The molecule has 1 fully saturated rings. The lowest BCUT2D eigenvalue weighted by Crippen LogP contribution is -2.56. The summed E-state index contributed by atoms with van der Waals surface area (Å²) in [5.41, 5.74) is 6.58. The van der Waals surface area contributed by atoms with E-state index in [0.29, 0.717) is 24.1 Å². The molecule has 0 aromatic heterocycles. The molecule has 0 aliphatic carbocycles. The van der Waals surface area contributed by atoms with Crippen molar-refractivity contribution in [2.75, 3.05) is 32.7 Å². The van der Waals surface area contributed by atoms with E-state index in [9.17, 15) is 9.59 Å². The molecule has 142 valence electrons. The molecule has 6 nitrogen and oxygen atoms in total. The van der Waals surface area contributed by atoms with Crippen molar-refractivity contribution < 1.29 is 14.3 Å². The van der Waals surface area contributed by atoms with Gasteiger partial charge in [-0.05, 0) is 24.3 Å². The molecule has 0 saturated carbocycles. The Bertz CT molecular complexity index is 792. The highest BCUT2D eigenvalue weighted by Crippen LogP contribution is 2.29. The molecule has 2 amide bonds. The molecule has 2 aromatic carbocycles. The van der Waals surface area contributed by atoms with Crippen molar-refractivity contribution in [3.05, 3.63) is 54.6 Å². The summed E-state index contributed by atoms with van der Waals surface area (Å²) in [6.07, 6.45) is 0.828. The van der Waals surface area contributed by atoms with Gasteiger partial charge in [0.2, 0.25) is 5.91 Å². The Morgan fingerprint density at radius 2 is 1.67 bits per heavy atom. The summed E-state index contributed by atoms with van der Waals surface area (Å²) in [6.45, 7) is 4.58. The number of nitrogens with two attached hydrogens (primary N) is 1. The molecule has 1 unspecified atom stereocenters. The van der Waals surface area contributed by atoms with E-state index < -0.39 is 0 Å². The van der Waals surface area contributed by atoms with E-state index in [1.807, 2.05) is 59.5 Å². The van der Waals surface area contributed by atoms with Gasteiger partial charge in [0.25, 0.3) is 5.91 Å². The van der Waals surface area contributed by atoms with Crippen LogP contribution >= 0.6 is 0 Å². The minimum atomic E-state index is -0.337. The first-order chi connectivity index (χ1) is 13.0. The van der Waals surface area contributed by atoms with Gasteiger partial charge in [0.15, 0.2) is 6.54 Å². The summed E-state index contributed by atoms with van der Waals surface area (Å²) in [6, 6.07) is 17.4. The van der Waals surface area contributed by atoms with Crippen LogP contribution in [0.4, 0.5) is 5.69 Å². The lowest BCUT2D eigenvalue weighted by Gasteiger charge is -2.36. The molecule has 1 aliphatic rings. The van der Waals surface area contributed by atoms with Crippen LogP contribution < -0.4 is 15.0 Å². The van der Waals surface area contributed by atoms with Crippen molar-refractivity contribution >= 4 is 17.5 Å². The van der Waals surface area contributed by atoms with Crippen LogP contribution in [-0.2, 0) is 9.59 Å². The molecule has 0 spiro atoms. The third kappa shape index (κ3) is 4.65. The predicted octanol–water partition coefficient (Wildman–Crippen LogP) is 2.52. The predicted molar refractivity (Wildman–Crippen MR) is 105 cm³/mol. The van der Waals surface area contributed by atoms with Crippen LogP contribution in [0.5, 0.6) is 11.5 Å². The summed E-state index contributed by atoms with van der Waals surface area (Å²) in [5.74, 6) is 1.25. The first-order valence-electron chi connectivity index (χ1n) is 9.22. The van der Waals surface area contributed by atoms with Crippen molar-refractivity contribution in [2.45, 2.75) is 13.3 Å². The number of nitrogens with zero attached hydrogens (tertiary/aromatic N) is 2. The first-order valence-corrected chi connectivity index (χ1v) is 9.22. The Morgan fingerprint density at radius 3 is 2.30 bits per heavy atom. The molecule has 1 saturated heterocycles. The lowest BCUT2D eigenvalue weighted by molar-refractivity contribution is -0.128. The van der Waals surface area contributed by atoms with E-state index >= 15 is 0 Å². The average Bonchev–Trinajstić information content (AvgIpc) is 2.86. The van der Waals surface area contributed by atoms with Gasteiger partial charge in [-0.3, -0.25) is 14.1 Å². The Kier molecular flexibility index (Phi) is 5.76. The van der Waals surface area contributed by atoms with Gasteiger partial charge in [-0.1, -0.05) is 18.2 Å². The van der Waals surface area contributed by atoms with Crippen molar-refractivity contribution in [3.8, 4) is 11.5 Å². The number of rotatable bonds is 5. The third-order valence-electron chi connectivity index (χ3n) is 5.08. The second-order valence-electron chi connectivity index (χ2n) is 6.99. The minimum absolute atomic E-state index is 0.0701. The van der Waals surface area contributed by atoms with Gasteiger partial charge in [0, 0.05) is 32.0 Å². The zero-order valence-corrected chi connectivity index (χ0v) is 15.6. The highest BCUT2D eigenvalue weighted by atomic mass is 16.5. The van der Waals surface area contributed by atoms with Crippen LogP contribution in [0.25, 0.3) is 0 Å². The van der Waals surface area contributed by atoms with Crippen molar-refractivity contribution in [1.82, 2.24) is 9.38 Å². The number of para-hydroxylation sites is 1. The molecule has 1 heterocycles. The molecule has 6 heteroatoms. The molecule has 2 N–H and O–H groups in total. The first kappa shape index (κ1) is 18.9. The molecule has 3 rings (SSSR count). The zero-order chi connectivity index (χ0) is 19.3. The fraction of sp³-hybridized carbons (Fsp3) is 0.333. The smallest absolute Gasteiger partial charge is 0.273 e. The normalized spacial score (nSPS) is 20.0. The number of quaternary nitrogens is 1. The number of carbonyl (C=O) groups is 2. The second kappa shape index (κ2) is 8.22. The molecule has 27 heavy (non-hydrogen) atoms. The largest absolute Gasteiger partial charge is 0.457 e. The Hall–Kier alpha value is -2.86. The SMILES string of the molecule is CC(=O)N1CCC[N+](CC(N)=O)(c2ccc(Oc3ccccc3)cc2)CC1. The molecule has 0 bridgehead atoms. The monoisotopic (exact) mass is 368 g/mol. The van der Waals surface area contributed by atoms with E-state index in [0.717, 1.165) is 30.2 Å². The Balaban J connectivity index is 1.82. The molecule has 1 aliphatic heterocycles. The van der Waals surface area contributed by atoms with Gasteiger partial charge in [0.05, 0.1) is 13.1 Å². The maximum Gasteiger partial charge on any atom is 0.273 e. The summed E-state index contributed by atoms with van der Waals surface area (Å²) in [4.78, 5) is 25.4. The van der Waals surface area contributed by atoms with Crippen LogP contribution in [0.1, 0.15) is 13.3 Å². The fourth-order valence-corrected chi connectivity index (χ4v) is 3.68. The van der Waals surface area contributed by atoms with Crippen LogP contribution in [0.15, 0.2) is 54.6 Å². The number of carbonyl (C=O) groups excluding carboxylic acids is 2. The molecule has 2 aromatic rings. The van der Waals surface area contributed by atoms with Gasteiger partial charge >= 0.3 is 0 Å². The van der Waals surface area contributed by atoms with Crippen LogP contribution in [0.2, 0.25) is 0 Å². The molecular formula is C21H26N3O3+. The van der Waals surface area contributed by atoms with Gasteiger partial charge in [-0.25, -0.2) is 0 Å². The minimum Gasteiger partial charge on any atom is -0.457 e. The molecule has 0 radical (unpaired) electrons. The van der Waals surface area contributed by atoms with E-state index in [4.69, 9.17) is 10.5 Å². The summed E-state index contributed by atoms with van der Waals surface area (Å²) < 4.78 is 6.32. The highest BCUT2D eigenvalue weighted by Gasteiger charge is 2.35. The number of hydrogen-bond donors (Lipinski definition) is 1. The fourth-order valence-electron chi connectivity index (χ4n) is 3.68. The quantitative estimate of drug-likeness (QED) is 0.824. The summed E-state index contributed by atoms with van der Waals surface area (Å²) >= 11 is 0. The van der Waals surface area contributed by atoms with E-state index in [2.05, 4.69) is 0 Å². The molecular weight excluding hydrogens is 342 g/mol. The summed E-state index contributed by atoms with van der Waals surface area (Å²) in [5, 5.41) is 0. The summed E-state index contributed by atoms with van der Waals surface area (Å²) in [7, 11) is 0. The standard InChI is InChI=1S/C21H25N3O3/c1-17(25)23-12-5-14-24(15-13-23,16-21(22)26)18-8-10-20(11-9-18)27-19-6-3-2-4-7-19/h2-4,6-11H,5,12-16H2,1H3,(H-,22,26)/p+1.